The maximum atomic E-state index is 13.7. The van der Waals surface area contributed by atoms with E-state index in [0.717, 1.165) is 0 Å². The lowest BCUT2D eigenvalue weighted by Gasteiger charge is -2.30. The number of amides is 4. The molecule has 0 aromatic rings. The van der Waals surface area contributed by atoms with Crippen molar-refractivity contribution in [1.82, 2.24) is 21.3 Å². The predicted octanol–water partition coefficient (Wildman–Crippen LogP) is 2.04. The van der Waals surface area contributed by atoms with Crippen molar-refractivity contribution >= 4 is 47.5 Å². The van der Waals surface area contributed by atoms with Gasteiger partial charge in [-0.1, -0.05) is 6.42 Å². The van der Waals surface area contributed by atoms with Gasteiger partial charge in [0.25, 0.3) is 0 Å². The Labute approximate surface area is 300 Å². The molecule has 51 heavy (non-hydrogen) atoms. The van der Waals surface area contributed by atoms with Crippen LogP contribution in [0.5, 0.6) is 0 Å². The van der Waals surface area contributed by atoms with E-state index in [1.54, 1.807) is 83.1 Å². The zero-order valence-corrected chi connectivity index (χ0v) is 32.2. The van der Waals surface area contributed by atoms with Gasteiger partial charge < -0.3 is 40.2 Å². The van der Waals surface area contributed by atoms with Crippen LogP contribution < -0.4 is 21.3 Å². The second kappa shape index (κ2) is 18.3. The number of hydrogen-bond acceptors (Lipinski definition) is 12. The monoisotopic (exact) mass is 726 g/mol. The third-order valence-corrected chi connectivity index (χ3v) is 6.45. The Morgan fingerprint density at radius 2 is 0.686 bits per heavy atom. The minimum atomic E-state index is -1.65. The lowest BCUT2D eigenvalue weighted by molar-refractivity contribution is -0.159. The Morgan fingerprint density at radius 3 is 0.980 bits per heavy atom. The van der Waals surface area contributed by atoms with Gasteiger partial charge in [-0.25, -0.2) is 0 Å². The second-order valence-corrected chi connectivity index (χ2v) is 16.4. The largest absolute Gasteiger partial charge is 0.460 e. The highest BCUT2D eigenvalue weighted by Crippen LogP contribution is 2.16. The Kier molecular flexibility index (Phi) is 16.1. The van der Waals surface area contributed by atoms with Crippen LogP contribution in [0.1, 0.15) is 128 Å². The second-order valence-electron chi connectivity index (χ2n) is 16.4. The molecule has 0 spiro atoms. The molecular formula is C35H58N4O12. The predicted molar refractivity (Wildman–Crippen MR) is 183 cm³/mol. The van der Waals surface area contributed by atoms with Gasteiger partial charge in [-0.05, 0) is 95.9 Å². The van der Waals surface area contributed by atoms with E-state index < -0.39 is 113 Å². The van der Waals surface area contributed by atoms with Crippen LogP contribution in [0.3, 0.4) is 0 Å². The average Bonchev–Trinajstić information content (AvgIpc) is 2.88. The third kappa shape index (κ3) is 19.7. The number of unbranched alkanes of at least 4 members (excludes halogenated alkanes) is 1. The molecule has 1 saturated heterocycles. The standard InChI is InChI=1S/C35H58N4O12/c1-32(2,3)48-24(40)16-14-13-15-20-28(44)37-22(18-26(42)50-34(7,8)9)30(46)39-23(19-27(43)51-35(10,11)12)31(47)38-21(29(45)36-20)17-25(41)49-33(4,5)6/h20-23H,13-19H2,1-12H3,(H,36,45)(H,37,44)(H,38,47)(H,39,46). The zero-order chi connectivity index (χ0) is 39.5. The fourth-order valence-corrected chi connectivity index (χ4v) is 4.65. The maximum absolute atomic E-state index is 13.7. The van der Waals surface area contributed by atoms with Gasteiger partial charge >= 0.3 is 23.9 Å². The molecular weight excluding hydrogens is 668 g/mol. The summed E-state index contributed by atoms with van der Waals surface area (Å²) in [5, 5.41) is 9.80. The van der Waals surface area contributed by atoms with E-state index in [9.17, 15) is 38.4 Å². The van der Waals surface area contributed by atoms with E-state index in [0.29, 0.717) is 0 Å². The topological polar surface area (TPSA) is 222 Å². The van der Waals surface area contributed by atoms with Crippen molar-refractivity contribution in [2.24, 2.45) is 0 Å². The van der Waals surface area contributed by atoms with Crippen LogP contribution in [0.2, 0.25) is 0 Å². The number of nitrogens with one attached hydrogen (secondary N) is 4. The number of hydrogen-bond donors (Lipinski definition) is 4. The summed E-state index contributed by atoms with van der Waals surface area (Å²) in [5.41, 5.74) is -3.51. The molecule has 4 atom stereocenters. The van der Waals surface area contributed by atoms with Gasteiger partial charge in [0.1, 0.15) is 46.6 Å². The highest BCUT2D eigenvalue weighted by molar-refractivity contribution is 6.00. The molecule has 0 aliphatic carbocycles. The lowest BCUT2D eigenvalue weighted by atomic mass is 10.0. The molecule has 16 nitrogen and oxygen atoms in total. The van der Waals surface area contributed by atoms with Gasteiger partial charge in [0.15, 0.2) is 0 Å². The van der Waals surface area contributed by atoms with Gasteiger partial charge in [0, 0.05) is 6.42 Å². The van der Waals surface area contributed by atoms with Crippen molar-refractivity contribution in [1.29, 1.82) is 0 Å². The number of rotatable bonds is 11. The van der Waals surface area contributed by atoms with Crippen molar-refractivity contribution in [3.05, 3.63) is 0 Å². The minimum absolute atomic E-state index is 0.0274. The van der Waals surface area contributed by atoms with Crippen LogP contribution in [-0.4, -0.2) is 94.1 Å². The molecule has 4 amide bonds. The first kappa shape index (κ1) is 44.8. The van der Waals surface area contributed by atoms with E-state index in [-0.39, 0.29) is 25.7 Å². The fraction of sp³-hybridized carbons (Fsp3) is 0.771. The summed E-state index contributed by atoms with van der Waals surface area (Å²) < 4.78 is 21.3. The molecule has 290 valence electrons. The first-order valence-corrected chi connectivity index (χ1v) is 17.1. The highest BCUT2D eigenvalue weighted by atomic mass is 16.6. The smallest absolute Gasteiger partial charge is 0.308 e. The van der Waals surface area contributed by atoms with Gasteiger partial charge in [-0.3, -0.25) is 38.4 Å². The van der Waals surface area contributed by atoms with Crippen LogP contribution in [0.25, 0.3) is 0 Å². The molecule has 1 aliphatic rings. The first-order chi connectivity index (χ1) is 23.0. The van der Waals surface area contributed by atoms with Gasteiger partial charge in [0.05, 0.1) is 19.3 Å². The summed E-state index contributed by atoms with van der Waals surface area (Å²) >= 11 is 0. The van der Waals surface area contributed by atoms with Crippen molar-refractivity contribution in [2.45, 2.75) is 175 Å². The third-order valence-electron chi connectivity index (χ3n) is 6.45. The highest BCUT2D eigenvalue weighted by Gasteiger charge is 2.38. The molecule has 1 heterocycles. The summed E-state index contributed by atoms with van der Waals surface area (Å²) in [5.74, 6) is -6.85. The minimum Gasteiger partial charge on any atom is -0.460 e. The van der Waals surface area contributed by atoms with E-state index in [1.165, 1.54) is 0 Å². The van der Waals surface area contributed by atoms with Crippen molar-refractivity contribution < 1.29 is 57.3 Å². The average molecular weight is 727 g/mol. The summed E-state index contributed by atoms with van der Waals surface area (Å²) in [6.07, 6.45) is -1.49. The lowest BCUT2D eigenvalue weighted by Crippen LogP contribution is -2.62. The molecule has 0 bridgehead atoms. The summed E-state index contributed by atoms with van der Waals surface area (Å²) in [7, 11) is 0. The van der Waals surface area contributed by atoms with Gasteiger partial charge in [0.2, 0.25) is 23.6 Å². The molecule has 16 heteroatoms. The van der Waals surface area contributed by atoms with Crippen LogP contribution in [0.4, 0.5) is 0 Å². The Morgan fingerprint density at radius 1 is 0.431 bits per heavy atom. The summed E-state index contributed by atoms with van der Waals surface area (Å²) in [4.78, 5) is 105. The van der Waals surface area contributed by atoms with Crippen LogP contribution >= 0.6 is 0 Å². The van der Waals surface area contributed by atoms with Gasteiger partial charge in [-0.15, -0.1) is 0 Å². The number of ether oxygens (including phenoxy) is 4. The number of esters is 4. The van der Waals surface area contributed by atoms with Crippen molar-refractivity contribution in [3.8, 4) is 0 Å². The molecule has 1 aliphatic heterocycles. The molecule has 0 aromatic heterocycles. The maximum Gasteiger partial charge on any atom is 0.308 e. The summed E-state index contributed by atoms with van der Waals surface area (Å²) in [6, 6.07) is -6.18. The van der Waals surface area contributed by atoms with Crippen LogP contribution in [-0.2, 0) is 57.3 Å². The Bertz CT molecular complexity index is 1270. The van der Waals surface area contributed by atoms with E-state index >= 15 is 0 Å². The number of carbonyl (C=O) groups is 8. The molecule has 0 aromatic carbocycles. The van der Waals surface area contributed by atoms with Crippen molar-refractivity contribution in [2.75, 3.05) is 0 Å². The van der Waals surface area contributed by atoms with E-state index in [2.05, 4.69) is 21.3 Å². The molecule has 0 radical (unpaired) electrons. The zero-order valence-electron chi connectivity index (χ0n) is 32.2. The van der Waals surface area contributed by atoms with E-state index in [1.807, 2.05) is 0 Å². The SMILES string of the molecule is CC(C)(C)OC(=O)CCCCC1NC(=O)C(CC(=O)OC(C)(C)C)NC(=O)C(CC(=O)OC(C)(C)C)NC(=O)C(CC(=O)OC(C)(C)C)NC1=O. The Hall–Kier alpha value is -4.24. The molecule has 0 saturated carbocycles. The fourth-order valence-electron chi connectivity index (χ4n) is 4.65. The van der Waals surface area contributed by atoms with Gasteiger partial charge in [-0.2, -0.15) is 0 Å². The molecule has 4 unspecified atom stereocenters. The molecule has 4 N–H and O–H groups in total. The summed E-state index contributed by atoms with van der Waals surface area (Å²) in [6.45, 7) is 19.7. The van der Waals surface area contributed by atoms with E-state index in [4.69, 9.17) is 18.9 Å². The van der Waals surface area contributed by atoms with Crippen LogP contribution in [0.15, 0.2) is 0 Å². The van der Waals surface area contributed by atoms with Crippen LogP contribution in [0, 0.1) is 0 Å². The number of carbonyl (C=O) groups excluding carboxylic acids is 8. The molecule has 1 rings (SSSR count). The first-order valence-electron chi connectivity index (χ1n) is 17.1. The quantitative estimate of drug-likeness (QED) is 0.137. The normalized spacial score (nSPS) is 21.0. The van der Waals surface area contributed by atoms with Crippen molar-refractivity contribution in [3.63, 3.8) is 0 Å². The Balaban J connectivity index is 3.54. The molecule has 1 fully saturated rings.